The number of aryl methyl sites for hydroxylation is 1. The molecule has 0 saturated carbocycles. The molecule has 1 amide bonds. The summed E-state index contributed by atoms with van der Waals surface area (Å²) in [6.07, 6.45) is -7.08. The number of oxime groups is 1. The van der Waals surface area contributed by atoms with Gasteiger partial charge in [-0.1, -0.05) is 34.4 Å². The highest BCUT2D eigenvalue weighted by molar-refractivity contribution is 6.35. The Balaban J connectivity index is 2.42. The van der Waals surface area contributed by atoms with E-state index in [2.05, 4.69) is 10.5 Å². The van der Waals surface area contributed by atoms with Gasteiger partial charge in [-0.3, -0.25) is 4.79 Å². The lowest BCUT2D eigenvalue weighted by Crippen LogP contribution is -2.41. The first-order valence-corrected chi connectivity index (χ1v) is 10.9. The van der Waals surface area contributed by atoms with Gasteiger partial charge in [0.2, 0.25) is 0 Å². The molecule has 0 heterocycles. The van der Waals surface area contributed by atoms with E-state index in [1.165, 1.54) is 32.0 Å². The third kappa shape index (κ3) is 6.50. The van der Waals surface area contributed by atoms with E-state index in [0.29, 0.717) is 5.56 Å². The Morgan fingerprint density at radius 3 is 2.23 bits per heavy atom. The number of hydrogen-bond acceptors (Lipinski definition) is 5. The zero-order valence-corrected chi connectivity index (χ0v) is 20.4. The smallest absolute Gasteiger partial charge is 0.398 e. The van der Waals surface area contributed by atoms with E-state index in [9.17, 15) is 32.7 Å². The van der Waals surface area contributed by atoms with Gasteiger partial charge in [-0.15, -0.1) is 0 Å². The van der Waals surface area contributed by atoms with Crippen LogP contribution in [0.25, 0.3) is 0 Å². The van der Waals surface area contributed by atoms with Crippen molar-refractivity contribution in [3.8, 4) is 0 Å². The minimum absolute atomic E-state index is 0.0718. The molecule has 35 heavy (non-hydrogen) atoms. The Hall–Kier alpha value is -2.69. The Kier molecular flexibility index (Phi) is 8.91. The van der Waals surface area contributed by atoms with Gasteiger partial charge in [0, 0.05) is 24.1 Å². The van der Waals surface area contributed by atoms with Crippen molar-refractivity contribution in [3.05, 3.63) is 68.4 Å². The number of hydrogen-bond donors (Lipinski definition) is 4. The second-order valence-electron chi connectivity index (χ2n) is 8.31. The summed E-state index contributed by atoms with van der Waals surface area (Å²) in [5.41, 5.74) is -2.71. The van der Waals surface area contributed by atoms with E-state index < -0.39 is 51.6 Å². The van der Waals surface area contributed by atoms with Crippen molar-refractivity contribution < 1.29 is 32.7 Å². The van der Waals surface area contributed by atoms with Gasteiger partial charge >= 0.3 is 6.18 Å². The molecule has 12 heteroatoms. The van der Waals surface area contributed by atoms with E-state index in [4.69, 9.17) is 28.6 Å². The number of carbonyl (C=O) groups is 1. The second kappa shape index (κ2) is 10.9. The molecule has 0 aromatic heterocycles. The molecule has 2 unspecified atom stereocenters. The second-order valence-corrected chi connectivity index (χ2v) is 9.13. The zero-order chi connectivity index (χ0) is 26.7. The number of amides is 1. The van der Waals surface area contributed by atoms with Gasteiger partial charge in [-0.05, 0) is 61.7 Å². The van der Waals surface area contributed by atoms with Crippen LogP contribution in [0.1, 0.15) is 53.7 Å². The van der Waals surface area contributed by atoms with Crippen LogP contribution in [-0.2, 0) is 5.41 Å². The summed E-state index contributed by atoms with van der Waals surface area (Å²) >= 11 is 11.4. The van der Waals surface area contributed by atoms with E-state index in [1.807, 2.05) is 0 Å². The number of nitrogens with zero attached hydrogens (tertiary/aromatic N) is 1. The molecule has 0 spiro atoms. The molecule has 0 aliphatic rings. The van der Waals surface area contributed by atoms with Gasteiger partial charge in [-0.25, -0.2) is 4.39 Å². The van der Waals surface area contributed by atoms with Gasteiger partial charge in [-0.2, -0.15) is 13.2 Å². The van der Waals surface area contributed by atoms with Crippen LogP contribution < -0.4 is 5.32 Å². The average Bonchev–Trinajstić information content (AvgIpc) is 2.73. The number of carbonyl (C=O) groups excluding carboxylic acids is 1. The number of aliphatic hydroxyl groups is 1. The van der Waals surface area contributed by atoms with Crippen LogP contribution in [-0.4, -0.2) is 40.0 Å². The Bertz CT molecular complexity index is 1150. The molecule has 0 aliphatic heterocycles. The molecule has 2 rings (SSSR count). The Morgan fingerprint density at radius 2 is 1.77 bits per heavy atom. The summed E-state index contributed by atoms with van der Waals surface area (Å²) in [5.74, 6) is -1.70. The molecule has 2 atom stereocenters. The molecule has 4 N–H and O–H groups in total. The monoisotopic (exact) mass is 535 g/mol. The molecule has 2 aromatic carbocycles. The fraction of sp³-hybridized carbons (Fsp3) is 0.348. The number of nitrogens with one attached hydrogen (secondary N) is 2. The van der Waals surface area contributed by atoms with E-state index in [-0.39, 0.29) is 29.0 Å². The van der Waals surface area contributed by atoms with Gasteiger partial charge < -0.3 is 21.0 Å². The van der Waals surface area contributed by atoms with E-state index in [1.54, 1.807) is 0 Å². The maximum atomic E-state index is 14.2. The van der Waals surface area contributed by atoms with Crippen LogP contribution >= 0.6 is 23.2 Å². The van der Waals surface area contributed by atoms with Crippen LogP contribution in [0.15, 0.2) is 35.5 Å². The minimum Gasteiger partial charge on any atom is -0.411 e. The third-order valence-corrected chi connectivity index (χ3v) is 6.04. The third-order valence-electron chi connectivity index (χ3n) is 5.49. The van der Waals surface area contributed by atoms with Crippen LogP contribution in [0, 0.1) is 18.2 Å². The molecule has 0 saturated heterocycles. The van der Waals surface area contributed by atoms with Crippen molar-refractivity contribution in [2.45, 2.75) is 51.4 Å². The zero-order valence-electron chi connectivity index (χ0n) is 18.9. The maximum Gasteiger partial charge on any atom is 0.398 e. The Labute approximate surface area is 209 Å². The molecule has 6 nitrogen and oxygen atoms in total. The highest BCUT2D eigenvalue weighted by Gasteiger charge is 2.53. The number of rotatable bonds is 8. The molecule has 0 bridgehead atoms. The highest BCUT2D eigenvalue weighted by Crippen LogP contribution is 2.46. The summed E-state index contributed by atoms with van der Waals surface area (Å²) in [7, 11) is 0. The number of halogens is 6. The standard InChI is InChI=1S/C23H23Cl2F4N3O3/c1-11-6-13(4-5-15(11)21(34)31-19(33)7-12(2)30)18(32-35)10-22(3,23(27,28)29)14-8-16(24)20(26)17(25)9-14/h4-6,8-9,19,30,33,35H,7,10H2,1-3H3,(H,31,34)/b30-12?,32-18+. The number of aliphatic hydroxyl groups excluding tert-OH is 1. The maximum absolute atomic E-state index is 14.2. The van der Waals surface area contributed by atoms with Crippen molar-refractivity contribution in [2.75, 3.05) is 0 Å². The van der Waals surface area contributed by atoms with Gasteiger partial charge in [0.05, 0.1) is 21.2 Å². The van der Waals surface area contributed by atoms with Crippen LogP contribution in [0.3, 0.4) is 0 Å². The lowest BCUT2D eigenvalue weighted by atomic mass is 9.76. The summed E-state index contributed by atoms with van der Waals surface area (Å²) in [4.78, 5) is 12.4. The normalized spacial score (nSPS) is 14.9. The van der Waals surface area contributed by atoms with Crippen LogP contribution in [0.5, 0.6) is 0 Å². The number of alkyl halides is 3. The lowest BCUT2D eigenvalue weighted by molar-refractivity contribution is -0.183. The van der Waals surface area contributed by atoms with E-state index >= 15 is 0 Å². The van der Waals surface area contributed by atoms with Crippen LogP contribution in [0.4, 0.5) is 17.6 Å². The first kappa shape index (κ1) is 28.5. The predicted octanol–water partition coefficient (Wildman–Crippen LogP) is 6.01. The van der Waals surface area contributed by atoms with Crippen molar-refractivity contribution in [3.63, 3.8) is 0 Å². The fourth-order valence-corrected chi connectivity index (χ4v) is 3.93. The average molecular weight is 536 g/mol. The summed E-state index contributed by atoms with van der Waals surface area (Å²) in [6.45, 7) is 3.83. The Morgan fingerprint density at radius 1 is 1.20 bits per heavy atom. The molecule has 190 valence electrons. The number of benzene rings is 2. The van der Waals surface area contributed by atoms with E-state index in [0.717, 1.165) is 19.1 Å². The van der Waals surface area contributed by atoms with Crippen molar-refractivity contribution >= 4 is 40.5 Å². The summed E-state index contributed by atoms with van der Waals surface area (Å²) in [6, 6.07) is 5.62. The van der Waals surface area contributed by atoms with Gasteiger partial charge in [0.25, 0.3) is 5.91 Å². The van der Waals surface area contributed by atoms with Crippen LogP contribution in [0.2, 0.25) is 10.0 Å². The molecule has 0 radical (unpaired) electrons. The predicted molar refractivity (Wildman–Crippen MR) is 125 cm³/mol. The SMILES string of the molecule is CC(=N)CC(O)NC(=O)c1ccc(/C(CC(C)(c2cc(Cl)c(F)c(Cl)c2)C(F)(F)F)=N/O)cc1C. The lowest BCUT2D eigenvalue weighted by Gasteiger charge is -2.33. The first-order valence-electron chi connectivity index (χ1n) is 10.2. The first-order chi connectivity index (χ1) is 16.1. The molecule has 2 aromatic rings. The molecular formula is C23H23Cl2F4N3O3. The fourth-order valence-electron chi connectivity index (χ4n) is 3.44. The molecule has 0 aliphatic carbocycles. The highest BCUT2D eigenvalue weighted by atomic mass is 35.5. The summed E-state index contributed by atoms with van der Waals surface area (Å²) in [5, 5.41) is 30.9. The largest absolute Gasteiger partial charge is 0.411 e. The molecular weight excluding hydrogens is 513 g/mol. The van der Waals surface area contributed by atoms with Gasteiger partial charge in [0.1, 0.15) is 6.23 Å². The minimum atomic E-state index is -4.87. The topological polar surface area (TPSA) is 106 Å². The molecule has 0 fully saturated rings. The van der Waals surface area contributed by atoms with Crippen molar-refractivity contribution in [2.24, 2.45) is 5.16 Å². The summed E-state index contributed by atoms with van der Waals surface area (Å²) < 4.78 is 56.5. The quantitative estimate of drug-likeness (QED) is 0.0830. The van der Waals surface area contributed by atoms with Gasteiger partial charge in [0.15, 0.2) is 5.82 Å². The van der Waals surface area contributed by atoms with Crippen molar-refractivity contribution in [1.82, 2.24) is 5.32 Å². The van der Waals surface area contributed by atoms with Crippen molar-refractivity contribution in [1.29, 1.82) is 5.41 Å².